The van der Waals surface area contributed by atoms with Gasteiger partial charge in [0.15, 0.2) is 0 Å². The molecule has 0 unspecified atom stereocenters. The first-order valence-corrected chi connectivity index (χ1v) is 8.12. The summed E-state index contributed by atoms with van der Waals surface area (Å²) in [5.41, 5.74) is 2.57. The second kappa shape index (κ2) is 7.11. The average molecular weight is 303 g/mol. The van der Waals surface area contributed by atoms with Gasteiger partial charge in [-0.2, -0.15) is 0 Å². The number of amides is 1. The minimum atomic E-state index is 0.243. The fourth-order valence-electron chi connectivity index (χ4n) is 3.02. The van der Waals surface area contributed by atoms with Gasteiger partial charge in [0.2, 0.25) is 5.91 Å². The van der Waals surface area contributed by atoms with Crippen LogP contribution in [-0.4, -0.2) is 74.7 Å². The number of aryl methyl sites for hydroxylation is 1. The maximum atomic E-state index is 12.3. The number of hydrogen-bond donors (Lipinski definition) is 0. The van der Waals surface area contributed by atoms with Gasteiger partial charge >= 0.3 is 0 Å². The lowest BCUT2D eigenvalue weighted by Gasteiger charge is -2.37. The number of morpholine rings is 1. The van der Waals surface area contributed by atoms with Crippen LogP contribution < -0.4 is 4.90 Å². The molecule has 0 atom stereocenters. The highest BCUT2D eigenvalue weighted by atomic mass is 16.5. The van der Waals surface area contributed by atoms with Gasteiger partial charge in [0, 0.05) is 45.0 Å². The van der Waals surface area contributed by atoms with Gasteiger partial charge in [-0.15, -0.1) is 0 Å². The van der Waals surface area contributed by atoms with Crippen molar-refractivity contribution in [1.29, 1.82) is 0 Å². The predicted molar refractivity (Wildman–Crippen MR) is 87.2 cm³/mol. The van der Waals surface area contributed by atoms with Crippen LogP contribution in [0.1, 0.15) is 5.56 Å². The predicted octanol–water partition coefficient (Wildman–Crippen LogP) is 0.976. The van der Waals surface area contributed by atoms with E-state index in [4.69, 9.17) is 4.74 Å². The van der Waals surface area contributed by atoms with Crippen molar-refractivity contribution in [3.8, 4) is 0 Å². The van der Waals surface area contributed by atoms with Gasteiger partial charge in [0.05, 0.1) is 19.8 Å². The molecular weight excluding hydrogens is 278 g/mol. The summed E-state index contributed by atoms with van der Waals surface area (Å²) in [4.78, 5) is 18.9. The molecule has 0 bridgehead atoms. The summed E-state index contributed by atoms with van der Waals surface area (Å²) in [6, 6.07) is 8.68. The quantitative estimate of drug-likeness (QED) is 0.834. The molecule has 0 N–H and O–H groups in total. The van der Waals surface area contributed by atoms with Crippen molar-refractivity contribution in [2.75, 3.05) is 63.9 Å². The lowest BCUT2D eigenvalue weighted by Crippen LogP contribution is -2.51. The number of nitrogens with zero attached hydrogens (tertiary/aromatic N) is 3. The van der Waals surface area contributed by atoms with E-state index in [1.807, 2.05) is 4.90 Å². The molecule has 0 radical (unpaired) electrons. The minimum absolute atomic E-state index is 0.243. The van der Waals surface area contributed by atoms with E-state index in [9.17, 15) is 4.79 Å². The van der Waals surface area contributed by atoms with Crippen LogP contribution in [0.4, 0.5) is 5.69 Å². The molecule has 22 heavy (non-hydrogen) atoms. The zero-order chi connectivity index (χ0) is 15.4. The Morgan fingerprint density at radius 3 is 2.27 bits per heavy atom. The molecule has 120 valence electrons. The molecule has 0 aromatic heterocycles. The zero-order valence-electron chi connectivity index (χ0n) is 13.3. The number of carbonyl (C=O) groups excluding carboxylic acids is 1. The summed E-state index contributed by atoms with van der Waals surface area (Å²) in [5.74, 6) is 0.243. The van der Waals surface area contributed by atoms with Gasteiger partial charge in [0.25, 0.3) is 0 Å². The molecular formula is C17H25N3O2. The van der Waals surface area contributed by atoms with Crippen molar-refractivity contribution in [2.24, 2.45) is 0 Å². The van der Waals surface area contributed by atoms with Gasteiger partial charge in [-0.3, -0.25) is 9.69 Å². The van der Waals surface area contributed by atoms with E-state index in [0.29, 0.717) is 19.8 Å². The Labute approximate surface area is 132 Å². The lowest BCUT2D eigenvalue weighted by atomic mass is 10.2. The summed E-state index contributed by atoms with van der Waals surface area (Å²) in [6.07, 6.45) is 0. The third-order valence-corrected chi connectivity index (χ3v) is 4.49. The van der Waals surface area contributed by atoms with E-state index in [1.54, 1.807) is 0 Å². The second-order valence-electron chi connectivity index (χ2n) is 6.09. The maximum Gasteiger partial charge on any atom is 0.236 e. The van der Waals surface area contributed by atoms with E-state index in [2.05, 4.69) is 41.0 Å². The Kier molecular flexibility index (Phi) is 4.95. The van der Waals surface area contributed by atoms with Gasteiger partial charge in [-0.05, 0) is 19.1 Å². The van der Waals surface area contributed by atoms with Crippen molar-refractivity contribution in [1.82, 2.24) is 9.80 Å². The monoisotopic (exact) mass is 303 g/mol. The molecule has 5 nitrogen and oxygen atoms in total. The first-order chi connectivity index (χ1) is 10.7. The van der Waals surface area contributed by atoms with Crippen LogP contribution in [0.25, 0.3) is 0 Å². The SMILES string of the molecule is Cc1ccc(N2CCN(CC(=O)N3CCOCC3)CC2)cc1. The van der Waals surface area contributed by atoms with Crippen molar-refractivity contribution in [2.45, 2.75) is 6.92 Å². The van der Waals surface area contributed by atoms with E-state index in [1.165, 1.54) is 11.3 Å². The van der Waals surface area contributed by atoms with E-state index < -0.39 is 0 Å². The molecule has 2 heterocycles. The average Bonchev–Trinajstić information content (AvgIpc) is 2.57. The normalized spacial score (nSPS) is 20.2. The molecule has 2 saturated heterocycles. The Bertz CT molecular complexity index is 489. The van der Waals surface area contributed by atoms with Gasteiger partial charge < -0.3 is 14.5 Å². The Morgan fingerprint density at radius 2 is 1.64 bits per heavy atom. The van der Waals surface area contributed by atoms with Crippen molar-refractivity contribution in [3.63, 3.8) is 0 Å². The molecule has 1 aromatic rings. The largest absolute Gasteiger partial charge is 0.378 e. The summed E-state index contributed by atoms with van der Waals surface area (Å²) >= 11 is 0. The summed E-state index contributed by atoms with van der Waals surface area (Å²) < 4.78 is 5.30. The number of anilines is 1. The fourth-order valence-corrected chi connectivity index (χ4v) is 3.02. The molecule has 0 spiro atoms. The van der Waals surface area contributed by atoms with Gasteiger partial charge in [0.1, 0.15) is 0 Å². The molecule has 1 amide bonds. The van der Waals surface area contributed by atoms with E-state index in [0.717, 1.165) is 39.3 Å². The first kappa shape index (κ1) is 15.3. The zero-order valence-corrected chi connectivity index (χ0v) is 13.3. The molecule has 0 aliphatic carbocycles. The number of ether oxygens (including phenoxy) is 1. The number of rotatable bonds is 3. The molecule has 2 aliphatic heterocycles. The molecule has 2 aliphatic rings. The molecule has 0 saturated carbocycles. The Balaban J connectivity index is 1.47. The maximum absolute atomic E-state index is 12.3. The highest BCUT2D eigenvalue weighted by Crippen LogP contribution is 2.17. The summed E-state index contributed by atoms with van der Waals surface area (Å²) in [5, 5.41) is 0. The lowest BCUT2D eigenvalue weighted by molar-refractivity contribution is -0.136. The molecule has 2 fully saturated rings. The van der Waals surface area contributed by atoms with Crippen LogP contribution in [-0.2, 0) is 9.53 Å². The number of benzene rings is 1. The topological polar surface area (TPSA) is 36.0 Å². The first-order valence-electron chi connectivity index (χ1n) is 8.12. The highest BCUT2D eigenvalue weighted by molar-refractivity contribution is 5.78. The van der Waals surface area contributed by atoms with Crippen molar-refractivity contribution < 1.29 is 9.53 Å². The van der Waals surface area contributed by atoms with Crippen LogP contribution in [0.3, 0.4) is 0 Å². The third-order valence-electron chi connectivity index (χ3n) is 4.49. The van der Waals surface area contributed by atoms with Crippen LogP contribution in [0.15, 0.2) is 24.3 Å². The van der Waals surface area contributed by atoms with Gasteiger partial charge in [-0.25, -0.2) is 0 Å². The van der Waals surface area contributed by atoms with E-state index >= 15 is 0 Å². The molecule has 3 rings (SSSR count). The smallest absolute Gasteiger partial charge is 0.236 e. The number of piperazine rings is 1. The molecule has 5 heteroatoms. The Morgan fingerprint density at radius 1 is 1.00 bits per heavy atom. The highest BCUT2D eigenvalue weighted by Gasteiger charge is 2.22. The standard InChI is InChI=1S/C17H25N3O2/c1-15-2-4-16(5-3-15)19-8-6-18(7-9-19)14-17(21)20-10-12-22-13-11-20/h2-5H,6-14H2,1H3. The van der Waals surface area contributed by atoms with Gasteiger partial charge in [-0.1, -0.05) is 17.7 Å². The van der Waals surface area contributed by atoms with Crippen molar-refractivity contribution >= 4 is 11.6 Å². The molecule has 1 aromatic carbocycles. The van der Waals surface area contributed by atoms with Crippen LogP contribution in [0.5, 0.6) is 0 Å². The number of hydrogen-bond acceptors (Lipinski definition) is 4. The summed E-state index contributed by atoms with van der Waals surface area (Å²) in [7, 11) is 0. The number of carbonyl (C=O) groups is 1. The van der Waals surface area contributed by atoms with Crippen LogP contribution >= 0.6 is 0 Å². The van der Waals surface area contributed by atoms with Crippen LogP contribution in [0.2, 0.25) is 0 Å². The fraction of sp³-hybridized carbons (Fsp3) is 0.588. The minimum Gasteiger partial charge on any atom is -0.378 e. The summed E-state index contributed by atoms with van der Waals surface area (Å²) in [6.45, 7) is 9.34. The second-order valence-corrected chi connectivity index (χ2v) is 6.09. The van der Waals surface area contributed by atoms with Crippen molar-refractivity contribution in [3.05, 3.63) is 29.8 Å². The van der Waals surface area contributed by atoms with E-state index in [-0.39, 0.29) is 5.91 Å². The van der Waals surface area contributed by atoms with Crippen LogP contribution in [0, 0.1) is 6.92 Å². The third kappa shape index (κ3) is 3.78. The Hall–Kier alpha value is -1.59.